The molecule has 4 rings (SSSR count). The Hall–Kier alpha value is -2.67. The van der Waals surface area contributed by atoms with Crippen molar-refractivity contribution >= 4 is 41.2 Å². The number of rotatable bonds is 7. The fourth-order valence-corrected chi connectivity index (χ4v) is 5.83. The van der Waals surface area contributed by atoms with E-state index in [-0.39, 0.29) is 18.2 Å². The van der Waals surface area contributed by atoms with Crippen LogP contribution in [-0.4, -0.2) is 65.4 Å². The van der Waals surface area contributed by atoms with Gasteiger partial charge in [-0.3, -0.25) is 0 Å². The van der Waals surface area contributed by atoms with Gasteiger partial charge in [-0.25, -0.2) is 19.5 Å². The van der Waals surface area contributed by atoms with Crippen LogP contribution in [0, 0.1) is 0 Å². The molecular formula is C32H48BN3O7S. The predicted molar refractivity (Wildman–Crippen MR) is 172 cm³/mol. The molecule has 1 aromatic heterocycles. The number of ether oxygens (including phenoxy) is 3. The molecule has 2 fully saturated rings. The Morgan fingerprint density at radius 2 is 1.61 bits per heavy atom. The van der Waals surface area contributed by atoms with Crippen molar-refractivity contribution in [2.45, 2.75) is 129 Å². The van der Waals surface area contributed by atoms with Crippen LogP contribution in [0.1, 0.15) is 100 Å². The summed E-state index contributed by atoms with van der Waals surface area (Å²) in [5, 5.41) is 5.26. The second-order valence-corrected chi connectivity index (χ2v) is 15.4. The van der Waals surface area contributed by atoms with E-state index in [1.807, 2.05) is 98.9 Å². The normalized spacial score (nSPS) is 23.2. The molecule has 1 N–H and O–H groups in total. The third-order valence-electron chi connectivity index (χ3n) is 7.93. The highest BCUT2D eigenvalue weighted by Crippen LogP contribution is 2.39. The number of nitrogens with zero attached hydrogens (tertiary/aromatic N) is 2. The fraction of sp³-hybridized carbons (Fsp3) is 0.656. The average molecular weight is 630 g/mol. The molecule has 0 aliphatic carbocycles. The minimum absolute atomic E-state index is 0.246. The molecule has 0 saturated carbocycles. The summed E-state index contributed by atoms with van der Waals surface area (Å²) in [4.78, 5) is 32.0. The molecule has 10 nitrogen and oxygen atoms in total. The maximum Gasteiger partial charge on any atom is 0.494 e. The van der Waals surface area contributed by atoms with Crippen molar-refractivity contribution < 1.29 is 33.1 Å². The minimum atomic E-state index is -0.669. The highest BCUT2D eigenvalue weighted by molar-refractivity contribution is 7.13. The lowest BCUT2D eigenvalue weighted by Crippen LogP contribution is -2.49. The molecule has 0 radical (unpaired) electrons. The zero-order valence-corrected chi connectivity index (χ0v) is 28.6. The van der Waals surface area contributed by atoms with Crippen LogP contribution >= 0.6 is 11.3 Å². The molecule has 1 aromatic carbocycles. The number of aromatic nitrogens is 1. The Kier molecular flexibility index (Phi) is 10.1. The molecule has 242 valence electrons. The molecule has 2 amide bonds. The van der Waals surface area contributed by atoms with Gasteiger partial charge in [-0.1, -0.05) is 24.3 Å². The number of benzene rings is 1. The quantitative estimate of drug-likeness (QED) is 0.351. The van der Waals surface area contributed by atoms with E-state index in [9.17, 15) is 9.59 Å². The van der Waals surface area contributed by atoms with Crippen molar-refractivity contribution in [3.05, 3.63) is 41.4 Å². The first-order valence-corrected chi connectivity index (χ1v) is 16.2. The molecule has 2 aliphatic rings. The number of carbonyl (C=O) groups excluding carboxylic acids is 2. The smallest absolute Gasteiger partial charge is 0.444 e. The summed E-state index contributed by atoms with van der Waals surface area (Å²) in [6.45, 7) is 19.5. The van der Waals surface area contributed by atoms with Crippen LogP contribution in [0.4, 0.5) is 14.7 Å². The van der Waals surface area contributed by atoms with Crippen LogP contribution in [0.15, 0.2) is 35.8 Å². The van der Waals surface area contributed by atoms with Crippen molar-refractivity contribution in [1.82, 2.24) is 10.3 Å². The maximum atomic E-state index is 13.6. The summed E-state index contributed by atoms with van der Waals surface area (Å²) >= 11 is 1.39. The summed E-state index contributed by atoms with van der Waals surface area (Å²) in [5.41, 5.74) is -0.221. The van der Waals surface area contributed by atoms with Crippen LogP contribution in [0.3, 0.4) is 0 Å². The Morgan fingerprint density at radius 3 is 2.16 bits per heavy atom. The number of thiazole rings is 1. The first-order valence-electron chi connectivity index (χ1n) is 15.3. The highest BCUT2D eigenvalue weighted by Gasteiger charge is 2.51. The summed E-state index contributed by atoms with van der Waals surface area (Å²) < 4.78 is 30.3. The lowest BCUT2D eigenvalue weighted by molar-refractivity contribution is -0.0626. The Bertz CT molecular complexity index is 1260. The van der Waals surface area contributed by atoms with Gasteiger partial charge >= 0.3 is 19.3 Å². The molecule has 2 aliphatic heterocycles. The molecule has 12 heteroatoms. The van der Waals surface area contributed by atoms with E-state index in [1.54, 1.807) is 11.1 Å². The van der Waals surface area contributed by atoms with E-state index < -0.39 is 41.7 Å². The number of hydrogen-bond acceptors (Lipinski definition) is 9. The average Bonchev–Trinajstić information content (AvgIpc) is 3.47. The molecule has 0 unspecified atom stereocenters. The van der Waals surface area contributed by atoms with E-state index in [0.717, 1.165) is 11.0 Å². The van der Waals surface area contributed by atoms with E-state index in [0.29, 0.717) is 30.9 Å². The zero-order valence-electron chi connectivity index (χ0n) is 27.8. The van der Waals surface area contributed by atoms with Gasteiger partial charge in [-0.05, 0) is 99.5 Å². The SMILES string of the molecule is CC(C)(C)OC(=O)NCC[C@@H]1C[C@H](N(C(=O)OC(C)(C)C)c2nccs2)C[C@@H](c2ccc(B3OC(C)(C)C(C)(C)O3)cc2)O1. The van der Waals surface area contributed by atoms with Gasteiger partial charge in [0.2, 0.25) is 0 Å². The molecule has 2 aromatic rings. The third kappa shape index (κ3) is 8.74. The monoisotopic (exact) mass is 629 g/mol. The number of nitrogens with one attached hydrogen (secondary N) is 1. The second kappa shape index (κ2) is 13.0. The third-order valence-corrected chi connectivity index (χ3v) is 8.70. The van der Waals surface area contributed by atoms with Gasteiger partial charge in [-0.2, -0.15) is 0 Å². The summed E-state index contributed by atoms with van der Waals surface area (Å²) in [6.07, 6.45) is 1.85. The first-order chi connectivity index (χ1) is 20.3. The van der Waals surface area contributed by atoms with Crippen molar-refractivity contribution in [2.75, 3.05) is 11.4 Å². The standard InChI is InChI=1S/C32H48BN3O7S/c1-29(2,3)40-27(37)35-16-15-24-19-23(36(26-34-17-18-44-26)28(38)41-30(4,5)6)20-25(39-24)21-11-13-22(14-12-21)33-42-31(7,8)32(9,10)43-33/h11-14,17-18,23-25H,15-16,19-20H2,1-10H3,(H,35,37)/t23-,24+,25-/m0/s1. The number of carbonyl (C=O) groups is 2. The van der Waals surface area contributed by atoms with Gasteiger partial charge in [0.1, 0.15) is 11.2 Å². The fourth-order valence-electron chi connectivity index (χ4n) is 5.13. The van der Waals surface area contributed by atoms with Gasteiger partial charge in [0, 0.05) is 24.2 Å². The van der Waals surface area contributed by atoms with Gasteiger partial charge in [-0.15, -0.1) is 11.3 Å². The van der Waals surface area contributed by atoms with E-state index >= 15 is 0 Å². The van der Waals surface area contributed by atoms with Crippen LogP contribution in [0.5, 0.6) is 0 Å². The van der Waals surface area contributed by atoms with Crippen LogP contribution < -0.4 is 15.7 Å². The molecule has 44 heavy (non-hydrogen) atoms. The summed E-state index contributed by atoms with van der Waals surface area (Å²) in [5.74, 6) is 0. The van der Waals surface area contributed by atoms with E-state index in [1.165, 1.54) is 11.3 Å². The maximum absolute atomic E-state index is 13.6. The zero-order chi connectivity index (χ0) is 32.5. The van der Waals surface area contributed by atoms with Crippen molar-refractivity contribution in [2.24, 2.45) is 0 Å². The lowest BCUT2D eigenvalue weighted by atomic mass is 9.78. The second-order valence-electron chi connectivity index (χ2n) is 14.5. The number of amides is 2. The highest BCUT2D eigenvalue weighted by atomic mass is 32.1. The molecule has 0 spiro atoms. The van der Waals surface area contributed by atoms with Crippen molar-refractivity contribution in [3.63, 3.8) is 0 Å². The van der Waals surface area contributed by atoms with Gasteiger partial charge < -0.3 is 28.8 Å². The molecule has 2 saturated heterocycles. The number of alkyl carbamates (subject to hydrolysis) is 1. The van der Waals surface area contributed by atoms with Gasteiger partial charge in [0.15, 0.2) is 5.13 Å². The molecule has 3 heterocycles. The van der Waals surface area contributed by atoms with E-state index in [4.69, 9.17) is 23.5 Å². The Labute approximate surface area is 266 Å². The Balaban J connectivity index is 1.56. The number of hydrogen-bond donors (Lipinski definition) is 1. The van der Waals surface area contributed by atoms with Gasteiger partial charge in [0.05, 0.1) is 23.4 Å². The predicted octanol–water partition coefficient (Wildman–Crippen LogP) is 6.39. The topological polar surface area (TPSA) is 108 Å². The van der Waals surface area contributed by atoms with Crippen molar-refractivity contribution in [1.29, 1.82) is 0 Å². The molecule has 3 atom stereocenters. The lowest BCUT2D eigenvalue weighted by Gasteiger charge is -2.40. The van der Waals surface area contributed by atoms with E-state index in [2.05, 4.69) is 10.3 Å². The summed E-state index contributed by atoms with van der Waals surface area (Å²) in [7, 11) is -0.465. The Morgan fingerprint density at radius 1 is 1.00 bits per heavy atom. The molecule has 0 bridgehead atoms. The summed E-state index contributed by atoms with van der Waals surface area (Å²) in [6, 6.07) is 7.84. The van der Waals surface area contributed by atoms with Crippen LogP contribution in [0.25, 0.3) is 0 Å². The van der Waals surface area contributed by atoms with Crippen LogP contribution in [-0.2, 0) is 23.5 Å². The van der Waals surface area contributed by atoms with Crippen LogP contribution in [0.2, 0.25) is 0 Å². The molecular weight excluding hydrogens is 581 g/mol. The van der Waals surface area contributed by atoms with Gasteiger partial charge in [0.25, 0.3) is 0 Å². The number of anilines is 1. The van der Waals surface area contributed by atoms with Crippen molar-refractivity contribution in [3.8, 4) is 0 Å². The first kappa shape index (κ1) is 34.2. The largest absolute Gasteiger partial charge is 0.494 e. The minimum Gasteiger partial charge on any atom is -0.444 e.